The molecule has 0 aliphatic carbocycles. The summed E-state index contributed by atoms with van der Waals surface area (Å²) in [7, 11) is 0. The Hall–Kier alpha value is -2.01. The molecule has 5 heteroatoms. The molecular formula is C15H14BrN3O. The van der Waals surface area contributed by atoms with Crippen LogP contribution in [0.1, 0.15) is 5.56 Å². The van der Waals surface area contributed by atoms with E-state index >= 15 is 0 Å². The third-order valence-electron chi connectivity index (χ3n) is 3.32. The van der Waals surface area contributed by atoms with Gasteiger partial charge < -0.3 is 16.0 Å². The van der Waals surface area contributed by atoms with Crippen LogP contribution < -0.4 is 16.0 Å². The van der Waals surface area contributed by atoms with Gasteiger partial charge in [0.15, 0.2) is 0 Å². The van der Waals surface area contributed by atoms with Crippen molar-refractivity contribution >= 4 is 38.9 Å². The summed E-state index contributed by atoms with van der Waals surface area (Å²) in [5, 5.41) is 2.88. The molecule has 3 rings (SSSR count). The molecule has 1 heterocycles. The standard InChI is InChI=1S/C15H14BrN3O/c16-11-6-5-10(12(17)7-11)8-19-9-15(20)18-13-3-1-2-4-14(13)19/h1-7H,8-9,17H2,(H,18,20). The van der Waals surface area contributed by atoms with Crippen molar-refractivity contribution < 1.29 is 4.79 Å². The first-order chi connectivity index (χ1) is 9.63. The lowest BCUT2D eigenvalue weighted by Gasteiger charge is -2.31. The van der Waals surface area contributed by atoms with Crippen LogP contribution in [-0.2, 0) is 11.3 Å². The zero-order valence-corrected chi connectivity index (χ0v) is 12.4. The van der Waals surface area contributed by atoms with Crippen molar-refractivity contribution in [3.63, 3.8) is 0 Å². The molecule has 0 unspecified atom stereocenters. The first kappa shape index (κ1) is 13.0. The number of nitrogens with two attached hydrogens (primary N) is 1. The molecule has 0 radical (unpaired) electrons. The van der Waals surface area contributed by atoms with Crippen molar-refractivity contribution in [1.82, 2.24) is 0 Å². The number of hydrogen-bond acceptors (Lipinski definition) is 3. The lowest BCUT2D eigenvalue weighted by atomic mass is 10.1. The highest BCUT2D eigenvalue weighted by atomic mass is 79.9. The molecule has 1 aliphatic rings. The van der Waals surface area contributed by atoms with Gasteiger partial charge >= 0.3 is 0 Å². The smallest absolute Gasteiger partial charge is 0.243 e. The first-order valence-electron chi connectivity index (χ1n) is 6.31. The highest BCUT2D eigenvalue weighted by Gasteiger charge is 2.21. The fourth-order valence-electron chi connectivity index (χ4n) is 2.36. The van der Waals surface area contributed by atoms with Crippen LogP contribution in [0.3, 0.4) is 0 Å². The van der Waals surface area contributed by atoms with E-state index in [1.165, 1.54) is 0 Å². The van der Waals surface area contributed by atoms with E-state index in [1.807, 2.05) is 47.4 Å². The zero-order valence-electron chi connectivity index (χ0n) is 10.8. The number of fused-ring (bicyclic) bond motifs is 1. The summed E-state index contributed by atoms with van der Waals surface area (Å²) in [5.41, 5.74) is 9.64. The van der Waals surface area contributed by atoms with Gasteiger partial charge in [-0.05, 0) is 29.8 Å². The van der Waals surface area contributed by atoms with Gasteiger partial charge in [0.25, 0.3) is 0 Å². The van der Waals surface area contributed by atoms with E-state index in [0.717, 1.165) is 27.1 Å². The highest BCUT2D eigenvalue weighted by molar-refractivity contribution is 9.10. The Morgan fingerprint density at radius 2 is 2.05 bits per heavy atom. The number of nitrogens with zero attached hydrogens (tertiary/aromatic N) is 1. The molecule has 20 heavy (non-hydrogen) atoms. The van der Waals surface area contributed by atoms with Crippen molar-refractivity contribution in [1.29, 1.82) is 0 Å². The quantitative estimate of drug-likeness (QED) is 0.831. The van der Waals surface area contributed by atoms with Crippen molar-refractivity contribution in [2.45, 2.75) is 6.54 Å². The normalized spacial score (nSPS) is 13.8. The lowest BCUT2D eigenvalue weighted by Crippen LogP contribution is -2.37. The van der Waals surface area contributed by atoms with E-state index in [1.54, 1.807) is 0 Å². The van der Waals surface area contributed by atoms with E-state index in [2.05, 4.69) is 21.2 Å². The average Bonchev–Trinajstić information content (AvgIpc) is 2.41. The number of nitrogens with one attached hydrogen (secondary N) is 1. The van der Waals surface area contributed by atoms with Crippen molar-refractivity contribution in [2.24, 2.45) is 0 Å². The van der Waals surface area contributed by atoms with E-state index in [9.17, 15) is 4.79 Å². The van der Waals surface area contributed by atoms with Gasteiger partial charge in [0.2, 0.25) is 5.91 Å². The topological polar surface area (TPSA) is 58.4 Å². The molecule has 0 fully saturated rings. The summed E-state index contributed by atoms with van der Waals surface area (Å²) in [4.78, 5) is 13.8. The molecule has 0 aromatic heterocycles. The zero-order chi connectivity index (χ0) is 14.1. The highest BCUT2D eigenvalue weighted by Crippen LogP contribution is 2.31. The van der Waals surface area contributed by atoms with Crippen LogP contribution in [-0.4, -0.2) is 12.5 Å². The minimum Gasteiger partial charge on any atom is -0.398 e. The number of anilines is 3. The van der Waals surface area contributed by atoms with E-state index in [4.69, 9.17) is 5.73 Å². The molecular weight excluding hydrogens is 318 g/mol. The van der Waals surface area contributed by atoms with Gasteiger partial charge in [-0.3, -0.25) is 4.79 Å². The fourth-order valence-corrected chi connectivity index (χ4v) is 2.74. The number of hydrogen-bond donors (Lipinski definition) is 2. The molecule has 0 saturated carbocycles. The van der Waals surface area contributed by atoms with Crippen molar-refractivity contribution in [2.75, 3.05) is 22.5 Å². The molecule has 102 valence electrons. The molecule has 1 amide bonds. The molecule has 1 aliphatic heterocycles. The van der Waals surface area contributed by atoms with Crippen LogP contribution >= 0.6 is 15.9 Å². The SMILES string of the molecule is Nc1cc(Br)ccc1CN1CC(=O)Nc2ccccc21. The maximum Gasteiger partial charge on any atom is 0.243 e. The van der Waals surface area contributed by atoms with Crippen molar-refractivity contribution in [3.05, 3.63) is 52.5 Å². The molecule has 4 nitrogen and oxygen atoms in total. The van der Waals surface area contributed by atoms with Crippen LogP contribution in [0.4, 0.5) is 17.1 Å². The predicted molar refractivity (Wildman–Crippen MR) is 84.7 cm³/mol. The van der Waals surface area contributed by atoms with Gasteiger partial charge in [0.1, 0.15) is 0 Å². The summed E-state index contributed by atoms with van der Waals surface area (Å²) in [6, 6.07) is 13.6. The Bertz CT molecular complexity index is 672. The maximum atomic E-state index is 11.8. The van der Waals surface area contributed by atoms with Crippen LogP contribution in [0, 0.1) is 0 Å². The number of benzene rings is 2. The summed E-state index contributed by atoms with van der Waals surface area (Å²) in [5.74, 6) is -0.000571. The number of carbonyl (C=O) groups excluding carboxylic acids is 1. The molecule has 0 bridgehead atoms. The van der Waals surface area contributed by atoms with Crippen LogP contribution in [0.25, 0.3) is 0 Å². The third kappa shape index (κ3) is 2.49. The van der Waals surface area contributed by atoms with E-state index < -0.39 is 0 Å². The Labute approximate surface area is 125 Å². The van der Waals surface area contributed by atoms with Gasteiger partial charge in [-0.2, -0.15) is 0 Å². The van der Waals surface area contributed by atoms with Gasteiger partial charge in [0, 0.05) is 16.7 Å². The predicted octanol–water partition coefficient (Wildman–Crippen LogP) is 2.99. The number of amides is 1. The Kier molecular flexibility index (Phi) is 3.36. The Morgan fingerprint density at radius 1 is 1.25 bits per heavy atom. The Morgan fingerprint density at radius 3 is 2.85 bits per heavy atom. The second-order valence-corrected chi connectivity index (χ2v) is 5.68. The minimum atomic E-state index is -0.000571. The lowest BCUT2D eigenvalue weighted by molar-refractivity contribution is -0.115. The molecule has 0 saturated heterocycles. The molecule has 0 spiro atoms. The summed E-state index contributed by atoms with van der Waals surface area (Å²) in [6.45, 7) is 0.954. The number of halogens is 1. The largest absolute Gasteiger partial charge is 0.398 e. The monoisotopic (exact) mass is 331 g/mol. The summed E-state index contributed by atoms with van der Waals surface area (Å²) in [6.07, 6.45) is 0. The number of carbonyl (C=O) groups is 1. The van der Waals surface area contributed by atoms with Crippen LogP contribution in [0.2, 0.25) is 0 Å². The molecule has 2 aromatic rings. The number of para-hydroxylation sites is 2. The van der Waals surface area contributed by atoms with Gasteiger partial charge in [-0.25, -0.2) is 0 Å². The Balaban J connectivity index is 1.93. The van der Waals surface area contributed by atoms with Crippen LogP contribution in [0.15, 0.2) is 46.9 Å². The second-order valence-electron chi connectivity index (χ2n) is 4.76. The fraction of sp³-hybridized carbons (Fsp3) is 0.133. The maximum absolute atomic E-state index is 11.8. The van der Waals surface area contributed by atoms with Crippen molar-refractivity contribution in [3.8, 4) is 0 Å². The summed E-state index contributed by atoms with van der Waals surface area (Å²) < 4.78 is 0.954. The minimum absolute atomic E-state index is 0.000571. The summed E-state index contributed by atoms with van der Waals surface area (Å²) >= 11 is 3.40. The van der Waals surface area contributed by atoms with Gasteiger partial charge in [-0.1, -0.05) is 34.1 Å². The average molecular weight is 332 g/mol. The van der Waals surface area contributed by atoms with E-state index in [-0.39, 0.29) is 5.91 Å². The third-order valence-corrected chi connectivity index (χ3v) is 3.82. The molecule has 2 aromatic carbocycles. The van der Waals surface area contributed by atoms with Crippen LogP contribution in [0.5, 0.6) is 0 Å². The first-order valence-corrected chi connectivity index (χ1v) is 7.10. The van der Waals surface area contributed by atoms with E-state index in [0.29, 0.717) is 13.1 Å². The molecule has 3 N–H and O–H groups in total. The van der Waals surface area contributed by atoms with Gasteiger partial charge in [0.05, 0.1) is 17.9 Å². The molecule has 0 atom stereocenters. The second kappa shape index (κ2) is 5.17. The van der Waals surface area contributed by atoms with Gasteiger partial charge in [-0.15, -0.1) is 0 Å². The number of rotatable bonds is 2. The number of nitrogen functional groups attached to an aromatic ring is 1.